The zero-order valence-electron chi connectivity index (χ0n) is 22.8. The second kappa shape index (κ2) is 11.6. The van der Waals surface area contributed by atoms with Crippen LogP contribution in [-0.2, 0) is 4.74 Å². The molecule has 11 heteroatoms. The number of ether oxygens (including phenoxy) is 1. The highest BCUT2D eigenvalue weighted by Gasteiger charge is 2.27. The molecule has 4 N–H and O–H groups in total. The number of nitrogens with one attached hydrogen (secondary N) is 4. The minimum atomic E-state index is -0.365. The van der Waals surface area contributed by atoms with Gasteiger partial charge in [-0.25, -0.2) is 19.7 Å². The van der Waals surface area contributed by atoms with E-state index in [1.807, 2.05) is 36.4 Å². The lowest BCUT2D eigenvalue weighted by atomic mass is 10.1. The molecule has 0 radical (unpaired) electrons. The number of rotatable bonds is 7. The highest BCUT2D eigenvalue weighted by Crippen LogP contribution is 2.30. The number of morpholine rings is 1. The van der Waals surface area contributed by atoms with Crippen LogP contribution >= 0.6 is 0 Å². The summed E-state index contributed by atoms with van der Waals surface area (Å²) in [4.78, 5) is 33.8. The normalized spacial score (nSPS) is 15.0. The fourth-order valence-corrected chi connectivity index (χ4v) is 5.02. The number of allylic oxidation sites excluding steroid dienone is 1. The first-order valence-corrected chi connectivity index (χ1v) is 13.5. The van der Waals surface area contributed by atoms with E-state index in [4.69, 9.17) is 4.74 Å². The van der Waals surface area contributed by atoms with Crippen molar-refractivity contribution in [2.45, 2.75) is 13.0 Å². The van der Waals surface area contributed by atoms with E-state index in [2.05, 4.69) is 70.2 Å². The fraction of sp³-hybridized carbons (Fsp3) is 0.267. The number of benzene rings is 1. The molecule has 2 aliphatic heterocycles. The molecule has 2 aliphatic rings. The van der Waals surface area contributed by atoms with Gasteiger partial charge in [-0.2, -0.15) is 0 Å². The number of aromatic amines is 1. The van der Waals surface area contributed by atoms with Crippen LogP contribution in [0, 0.1) is 11.8 Å². The summed E-state index contributed by atoms with van der Waals surface area (Å²) >= 11 is 0. The molecule has 3 aromatic heterocycles. The van der Waals surface area contributed by atoms with Crippen molar-refractivity contribution >= 4 is 40.1 Å². The number of aromatic nitrogens is 4. The molecule has 0 aliphatic carbocycles. The Morgan fingerprint density at radius 3 is 2.63 bits per heavy atom. The number of hydrogen-bond acceptors (Lipinski definition) is 8. The molecule has 0 spiro atoms. The first kappa shape index (κ1) is 26.2. The van der Waals surface area contributed by atoms with Crippen LogP contribution in [0.25, 0.3) is 22.3 Å². The number of carbonyl (C=O) groups is 1. The number of carbonyl (C=O) groups excluding carboxylic acids is 1. The zero-order valence-corrected chi connectivity index (χ0v) is 22.8. The van der Waals surface area contributed by atoms with Gasteiger partial charge in [0.05, 0.1) is 30.3 Å². The van der Waals surface area contributed by atoms with Crippen molar-refractivity contribution in [2.24, 2.45) is 0 Å². The lowest BCUT2D eigenvalue weighted by molar-refractivity contribution is 0.122. The summed E-state index contributed by atoms with van der Waals surface area (Å²) in [6, 6.07) is 13.4. The summed E-state index contributed by atoms with van der Waals surface area (Å²) in [5, 5.41) is 9.99. The molecule has 0 unspecified atom stereocenters. The number of amides is 2. The van der Waals surface area contributed by atoms with Gasteiger partial charge in [-0.15, -0.1) is 0 Å². The largest absolute Gasteiger partial charge is 0.378 e. The summed E-state index contributed by atoms with van der Waals surface area (Å²) in [7, 11) is 0. The van der Waals surface area contributed by atoms with E-state index in [1.165, 1.54) is 0 Å². The van der Waals surface area contributed by atoms with Crippen LogP contribution in [0.5, 0.6) is 0 Å². The Kier molecular flexibility index (Phi) is 7.38. The van der Waals surface area contributed by atoms with E-state index in [9.17, 15) is 4.79 Å². The Labute approximate surface area is 238 Å². The maximum Gasteiger partial charge on any atom is 0.324 e. The van der Waals surface area contributed by atoms with E-state index in [-0.39, 0.29) is 6.03 Å². The number of fused-ring (bicyclic) bond motifs is 1. The van der Waals surface area contributed by atoms with Gasteiger partial charge in [-0.3, -0.25) is 5.32 Å². The predicted octanol–water partition coefficient (Wildman–Crippen LogP) is 3.82. The second-order valence-electron chi connectivity index (χ2n) is 9.90. The Morgan fingerprint density at radius 1 is 1.05 bits per heavy atom. The highest BCUT2D eigenvalue weighted by atomic mass is 16.5. The van der Waals surface area contributed by atoms with Gasteiger partial charge in [-0.05, 0) is 36.8 Å². The third-order valence-corrected chi connectivity index (χ3v) is 7.06. The molecule has 2 amide bonds. The molecule has 41 heavy (non-hydrogen) atoms. The third-order valence-electron chi connectivity index (χ3n) is 7.06. The first-order valence-electron chi connectivity index (χ1n) is 13.5. The van der Waals surface area contributed by atoms with E-state index in [0.717, 1.165) is 65.7 Å². The van der Waals surface area contributed by atoms with Crippen molar-refractivity contribution in [3.05, 3.63) is 67.3 Å². The van der Waals surface area contributed by atoms with E-state index >= 15 is 0 Å². The number of pyridine rings is 1. The smallest absolute Gasteiger partial charge is 0.324 e. The molecular weight excluding hydrogens is 518 g/mol. The number of urea groups is 1. The van der Waals surface area contributed by atoms with Crippen LogP contribution in [-0.4, -0.2) is 71.4 Å². The van der Waals surface area contributed by atoms with Crippen LogP contribution in [0.15, 0.2) is 67.3 Å². The molecule has 11 nitrogen and oxygen atoms in total. The quantitative estimate of drug-likeness (QED) is 0.257. The Hall–Kier alpha value is -5.08. The van der Waals surface area contributed by atoms with Crippen molar-refractivity contribution in [2.75, 3.05) is 59.8 Å². The van der Waals surface area contributed by atoms with Crippen LogP contribution in [0.2, 0.25) is 0 Å². The van der Waals surface area contributed by atoms with Crippen molar-refractivity contribution in [3.63, 3.8) is 0 Å². The van der Waals surface area contributed by atoms with Gasteiger partial charge in [0.2, 0.25) is 0 Å². The molecule has 208 valence electrons. The highest BCUT2D eigenvalue weighted by molar-refractivity contribution is 5.99. The topological polar surface area (TPSA) is 123 Å². The molecule has 2 saturated heterocycles. The molecule has 6 rings (SSSR count). The molecule has 0 saturated carbocycles. The van der Waals surface area contributed by atoms with E-state index in [1.54, 1.807) is 19.4 Å². The van der Waals surface area contributed by atoms with Crippen molar-refractivity contribution in [1.82, 2.24) is 25.3 Å². The van der Waals surface area contributed by atoms with Gasteiger partial charge in [0.1, 0.15) is 23.6 Å². The monoisotopic (exact) mass is 549 g/mol. The SMILES string of the molecule is C=C(C#CC)NC1CN(c2ccnc(NC(=O)Nc3ccc(-c4cc5c(N6CCOCC6)ncnc5[nH]4)cc3)c2)C1. The van der Waals surface area contributed by atoms with Crippen molar-refractivity contribution in [3.8, 4) is 23.1 Å². The summed E-state index contributed by atoms with van der Waals surface area (Å²) in [5.74, 6) is 7.16. The maximum absolute atomic E-state index is 12.7. The Morgan fingerprint density at radius 2 is 1.85 bits per heavy atom. The molecule has 5 heterocycles. The molecular formula is C30H31N9O2. The second-order valence-corrected chi connectivity index (χ2v) is 9.90. The minimum absolute atomic E-state index is 0.295. The van der Waals surface area contributed by atoms with Gasteiger partial charge in [-0.1, -0.05) is 30.6 Å². The molecule has 4 aromatic rings. The average molecular weight is 550 g/mol. The number of H-pyrrole nitrogens is 1. The van der Waals surface area contributed by atoms with Crippen LogP contribution in [0.3, 0.4) is 0 Å². The van der Waals surface area contributed by atoms with Gasteiger partial charge in [0, 0.05) is 55.5 Å². The average Bonchev–Trinajstić information content (AvgIpc) is 3.40. The van der Waals surface area contributed by atoms with Gasteiger partial charge < -0.3 is 30.2 Å². The van der Waals surface area contributed by atoms with Crippen LogP contribution < -0.4 is 25.8 Å². The van der Waals surface area contributed by atoms with Gasteiger partial charge >= 0.3 is 6.03 Å². The zero-order chi connectivity index (χ0) is 28.2. The number of nitrogens with zero attached hydrogens (tertiary/aromatic N) is 5. The number of hydrogen-bond donors (Lipinski definition) is 4. The van der Waals surface area contributed by atoms with E-state index < -0.39 is 0 Å². The first-order chi connectivity index (χ1) is 20.1. The maximum atomic E-state index is 12.7. The van der Waals surface area contributed by atoms with Crippen LogP contribution in [0.4, 0.5) is 27.8 Å². The van der Waals surface area contributed by atoms with Crippen molar-refractivity contribution in [1.29, 1.82) is 0 Å². The summed E-state index contributed by atoms with van der Waals surface area (Å²) in [6.07, 6.45) is 3.28. The third kappa shape index (κ3) is 5.92. The molecule has 0 atom stereocenters. The Balaban J connectivity index is 1.06. The van der Waals surface area contributed by atoms with E-state index in [0.29, 0.717) is 30.8 Å². The predicted molar refractivity (Wildman–Crippen MR) is 161 cm³/mol. The molecule has 2 fully saturated rings. The van der Waals surface area contributed by atoms with Crippen molar-refractivity contribution < 1.29 is 9.53 Å². The molecule has 0 bridgehead atoms. The molecule has 1 aromatic carbocycles. The summed E-state index contributed by atoms with van der Waals surface area (Å²) < 4.78 is 5.48. The number of anilines is 4. The lowest BCUT2D eigenvalue weighted by Crippen LogP contribution is -2.57. The fourth-order valence-electron chi connectivity index (χ4n) is 5.02. The Bertz CT molecular complexity index is 1630. The summed E-state index contributed by atoms with van der Waals surface area (Å²) in [5.41, 5.74) is 5.08. The van der Waals surface area contributed by atoms with Crippen LogP contribution in [0.1, 0.15) is 6.92 Å². The van der Waals surface area contributed by atoms with Gasteiger partial charge in [0.25, 0.3) is 0 Å². The lowest BCUT2D eigenvalue weighted by Gasteiger charge is -2.41. The minimum Gasteiger partial charge on any atom is -0.378 e. The van der Waals surface area contributed by atoms with Gasteiger partial charge in [0.15, 0.2) is 0 Å². The standard InChI is InChI=1S/C30H31N9O2/c1-3-4-20(2)34-23-17-39(18-23)24-9-10-31-27(15-24)37-30(40)35-22-7-5-21(6-8-22)26-16-25-28(36-26)32-19-33-29(25)38-11-13-41-14-12-38/h5-10,15-16,19,23,34H,2,11-14,17-18H2,1H3,(H,32,33,36)(H2,31,35,37,40). The summed E-state index contributed by atoms with van der Waals surface area (Å²) in [6.45, 7) is 10.3.